The zero-order chi connectivity index (χ0) is 14.3. The molecule has 2 heterocycles. The molecular weight excluding hydrogens is 296 g/mol. The van der Waals surface area contributed by atoms with Crippen LogP contribution in [0.15, 0.2) is 30.3 Å². The lowest BCUT2D eigenvalue weighted by Gasteiger charge is -2.42. The Morgan fingerprint density at radius 1 is 1.09 bits per heavy atom. The lowest BCUT2D eigenvalue weighted by molar-refractivity contribution is -0.131. The molecule has 2 atom stereocenters. The Kier molecular flexibility index (Phi) is 4.47. The summed E-state index contributed by atoms with van der Waals surface area (Å²) in [4.78, 5) is 12.9. The van der Waals surface area contributed by atoms with E-state index in [4.69, 9.17) is 0 Å². The zero-order valence-corrected chi connectivity index (χ0v) is 13.7. The summed E-state index contributed by atoms with van der Waals surface area (Å²) >= 11 is 0. The largest absolute Gasteiger partial charge is 0.352 e. The Labute approximate surface area is 138 Å². The second-order valence-electron chi connectivity index (χ2n) is 7.08. The number of hydrogen-bond donors (Lipinski definition) is 2. The Hall–Kier alpha value is -1.06. The van der Waals surface area contributed by atoms with Crippen molar-refractivity contribution in [1.82, 2.24) is 10.6 Å². The second kappa shape index (κ2) is 6.21. The van der Waals surface area contributed by atoms with Gasteiger partial charge >= 0.3 is 0 Å². The third-order valence-corrected chi connectivity index (χ3v) is 5.78. The highest BCUT2D eigenvalue weighted by Gasteiger charge is 2.46. The van der Waals surface area contributed by atoms with Crippen molar-refractivity contribution >= 4 is 18.3 Å². The van der Waals surface area contributed by atoms with E-state index in [0.717, 1.165) is 25.7 Å². The van der Waals surface area contributed by atoms with Gasteiger partial charge in [0.25, 0.3) is 0 Å². The van der Waals surface area contributed by atoms with Gasteiger partial charge in [-0.25, -0.2) is 0 Å². The Morgan fingerprint density at radius 2 is 1.73 bits per heavy atom. The van der Waals surface area contributed by atoms with Crippen LogP contribution in [0.4, 0.5) is 0 Å². The molecule has 22 heavy (non-hydrogen) atoms. The fourth-order valence-electron chi connectivity index (χ4n) is 4.43. The molecule has 2 saturated heterocycles. The SMILES string of the molecule is Cl.O=C(NC1CC2CCC(C1)N2)C1(c2ccccc2)CCC1. The maximum absolute atomic E-state index is 12.9. The Bertz CT molecular complexity index is 517. The molecule has 2 aliphatic heterocycles. The van der Waals surface area contributed by atoms with Crippen molar-refractivity contribution in [2.24, 2.45) is 0 Å². The molecule has 2 bridgehead atoms. The Balaban J connectivity index is 0.00000144. The van der Waals surface area contributed by atoms with Crippen molar-refractivity contribution in [3.8, 4) is 0 Å². The molecule has 2 N–H and O–H groups in total. The minimum atomic E-state index is -0.245. The van der Waals surface area contributed by atoms with Gasteiger partial charge in [-0.2, -0.15) is 0 Å². The zero-order valence-electron chi connectivity index (χ0n) is 12.9. The minimum absolute atomic E-state index is 0. The van der Waals surface area contributed by atoms with Crippen LogP contribution in [0.5, 0.6) is 0 Å². The molecule has 1 amide bonds. The number of nitrogens with one attached hydrogen (secondary N) is 2. The number of amides is 1. The third kappa shape index (κ3) is 2.65. The number of benzene rings is 1. The number of rotatable bonds is 3. The lowest BCUT2D eigenvalue weighted by Crippen LogP contribution is -2.55. The first-order valence-electron chi connectivity index (χ1n) is 8.39. The van der Waals surface area contributed by atoms with Crippen LogP contribution in [0.1, 0.15) is 50.5 Å². The number of halogens is 1. The Morgan fingerprint density at radius 3 is 2.27 bits per heavy atom. The molecule has 0 aromatic heterocycles. The van der Waals surface area contributed by atoms with E-state index < -0.39 is 0 Å². The molecule has 1 aromatic carbocycles. The molecule has 0 radical (unpaired) electrons. The van der Waals surface area contributed by atoms with Gasteiger partial charge in [0.1, 0.15) is 0 Å². The third-order valence-electron chi connectivity index (χ3n) is 5.78. The molecule has 1 aromatic rings. The average Bonchev–Trinajstić information content (AvgIpc) is 2.78. The van der Waals surface area contributed by atoms with E-state index in [2.05, 4.69) is 22.8 Å². The van der Waals surface area contributed by atoms with Crippen LogP contribution < -0.4 is 10.6 Å². The summed E-state index contributed by atoms with van der Waals surface area (Å²) in [6.07, 6.45) is 7.93. The minimum Gasteiger partial charge on any atom is -0.352 e. The summed E-state index contributed by atoms with van der Waals surface area (Å²) in [5.41, 5.74) is 0.955. The summed E-state index contributed by atoms with van der Waals surface area (Å²) in [6.45, 7) is 0. The van der Waals surface area contributed by atoms with Crippen LogP contribution in [-0.2, 0) is 10.2 Å². The second-order valence-corrected chi connectivity index (χ2v) is 7.08. The van der Waals surface area contributed by atoms with E-state index in [1.54, 1.807) is 0 Å². The molecule has 120 valence electrons. The van der Waals surface area contributed by atoms with E-state index in [9.17, 15) is 4.79 Å². The van der Waals surface area contributed by atoms with E-state index >= 15 is 0 Å². The van der Waals surface area contributed by atoms with E-state index in [1.165, 1.54) is 24.8 Å². The van der Waals surface area contributed by atoms with E-state index in [-0.39, 0.29) is 23.7 Å². The summed E-state index contributed by atoms with van der Waals surface area (Å²) in [7, 11) is 0. The highest BCUT2D eigenvalue weighted by Crippen LogP contribution is 2.44. The monoisotopic (exact) mass is 320 g/mol. The van der Waals surface area contributed by atoms with Gasteiger partial charge in [-0.1, -0.05) is 36.8 Å². The fourth-order valence-corrected chi connectivity index (χ4v) is 4.43. The number of hydrogen-bond acceptors (Lipinski definition) is 2. The fraction of sp³-hybridized carbons (Fsp3) is 0.611. The van der Waals surface area contributed by atoms with Crippen LogP contribution in [0, 0.1) is 0 Å². The quantitative estimate of drug-likeness (QED) is 0.899. The van der Waals surface area contributed by atoms with Crippen molar-refractivity contribution < 1.29 is 4.79 Å². The van der Waals surface area contributed by atoms with Gasteiger partial charge in [-0.05, 0) is 44.1 Å². The van der Waals surface area contributed by atoms with Gasteiger partial charge in [0.15, 0.2) is 0 Å². The van der Waals surface area contributed by atoms with Gasteiger partial charge < -0.3 is 10.6 Å². The van der Waals surface area contributed by atoms with Crippen LogP contribution in [0.3, 0.4) is 0 Å². The molecule has 4 rings (SSSR count). The molecule has 0 spiro atoms. The molecule has 1 saturated carbocycles. The predicted molar refractivity (Wildman–Crippen MR) is 90.3 cm³/mol. The lowest BCUT2D eigenvalue weighted by atomic mass is 9.63. The van der Waals surface area contributed by atoms with Gasteiger partial charge in [0, 0.05) is 18.1 Å². The number of carbonyl (C=O) groups is 1. The smallest absolute Gasteiger partial charge is 0.230 e. The standard InChI is InChI=1S/C18H24N2O.ClH/c21-17(20-16-11-14-7-8-15(12-16)19-14)18(9-4-10-18)13-5-2-1-3-6-13;/h1-3,5-6,14-16,19H,4,7-12H2,(H,20,21);1H. The molecule has 1 aliphatic carbocycles. The summed E-state index contributed by atoms with van der Waals surface area (Å²) in [6, 6.07) is 12.0. The van der Waals surface area contributed by atoms with E-state index in [0.29, 0.717) is 18.1 Å². The van der Waals surface area contributed by atoms with Gasteiger partial charge in [-0.3, -0.25) is 4.79 Å². The van der Waals surface area contributed by atoms with Gasteiger partial charge in [-0.15, -0.1) is 12.4 Å². The number of fused-ring (bicyclic) bond motifs is 2. The van der Waals surface area contributed by atoms with Crippen molar-refractivity contribution in [3.05, 3.63) is 35.9 Å². The molecule has 3 aliphatic rings. The molecule has 2 unspecified atom stereocenters. The highest BCUT2D eigenvalue weighted by atomic mass is 35.5. The summed E-state index contributed by atoms with van der Waals surface area (Å²) in [5.74, 6) is 0.270. The van der Waals surface area contributed by atoms with Gasteiger partial charge in [0.05, 0.1) is 5.41 Å². The van der Waals surface area contributed by atoms with Crippen LogP contribution in [0.2, 0.25) is 0 Å². The van der Waals surface area contributed by atoms with Crippen LogP contribution in [-0.4, -0.2) is 24.0 Å². The van der Waals surface area contributed by atoms with Crippen molar-refractivity contribution in [2.75, 3.05) is 0 Å². The summed E-state index contributed by atoms with van der Waals surface area (Å²) in [5, 5.41) is 7.02. The maximum atomic E-state index is 12.9. The summed E-state index contributed by atoms with van der Waals surface area (Å²) < 4.78 is 0. The van der Waals surface area contributed by atoms with Crippen molar-refractivity contribution in [1.29, 1.82) is 0 Å². The maximum Gasteiger partial charge on any atom is 0.230 e. The topological polar surface area (TPSA) is 41.1 Å². The van der Waals surface area contributed by atoms with E-state index in [1.807, 2.05) is 18.2 Å². The van der Waals surface area contributed by atoms with Crippen LogP contribution in [0.25, 0.3) is 0 Å². The number of carbonyl (C=O) groups excluding carboxylic acids is 1. The first-order valence-corrected chi connectivity index (χ1v) is 8.39. The van der Waals surface area contributed by atoms with Crippen LogP contribution >= 0.6 is 12.4 Å². The molecule has 3 nitrogen and oxygen atoms in total. The first-order chi connectivity index (χ1) is 10.3. The van der Waals surface area contributed by atoms with Crippen molar-refractivity contribution in [2.45, 2.75) is 68.5 Å². The molecular formula is C18H25ClN2O. The highest BCUT2D eigenvalue weighted by molar-refractivity contribution is 5.89. The average molecular weight is 321 g/mol. The van der Waals surface area contributed by atoms with Crippen molar-refractivity contribution in [3.63, 3.8) is 0 Å². The first kappa shape index (κ1) is 15.8. The molecule has 4 heteroatoms. The number of piperidine rings is 1. The molecule has 3 fully saturated rings. The normalized spacial score (nSPS) is 31.7. The predicted octanol–water partition coefficient (Wildman–Crippen LogP) is 2.93. The van der Waals surface area contributed by atoms with Gasteiger partial charge in [0.2, 0.25) is 5.91 Å².